The molecule has 0 saturated heterocycles. The number of para-hydroxylation sites is 1. The average Bonchev–Trinajstić information content (AvgIpc) is 3.46. The van der Waals surface area contributed by atoms with Gasteiger partial charge in [-0.05, 0) is 71.0 Å². The van der Waals surface area contributed by atoms with Crippen LogP contribution < -0.4 is 4.90 Å². The Morgan fingerprint density at radius 1 is 0.766 bits per heavy atom. The molecule has 0 amide bonds. The Morgan fingerprint density at radius 2 is 1.51 bits per heavy atom. The van der Waals surface area contributed by atoms with Gasteiger partial charge < -0.3 is 14.4 Å². The summed E-state index contributed by atoms with van der Waals surface area (Å²) in [4.78, 5) is 17.2. The molecule has 4 aromatic carbocycles. The molecule has 3 aromatic heterocycles. The van der Waals surface area contributed by atoms with Crippen molar-refractivity contribution in [1.82, 2.24) is 15.0 Å². The highest BCUT2D eigenvalue weighted by Gasteiger charge is 2.26. The van der Waals surface area contributed by atoms with Gasteiger partial charge in [0.05, 0.1) is 5.56 Å². The lowest BCUT2D eigenvalue weighted by Gasteiger charge is -2.26. The van der Waals surface area contributed by atoms with E-state index < -0.39 is 0 Å². The van der Waals surface area contributed by atoms with Gasteiger partial charge in [-0.3, -0.25) is 0 Å². The van der Waals surface area contributed by atoms with Crippen molar-refractivity contribution in [3.8, 4) is 39.5 Å². The lowest BCUT2D eigenvalue weighted by molar-refractivity contribution is 0.448. The van der Waals surface area contributed by atoms with Gasteiger partial charge in [-0.1, -0.05) is 95.3 Å². The Bertz CT molecular complexity index is 2200. The molecule has 0 unspecified atom stereocenters. The number of pyridine rings is 1. The molecule has 0 aliphatic heterocycles. The summed E-state index contributed by atoms with van der Waals surface area (Å²) in [6.07, 6.45) is 1.82. The van der Waals surface area contributed by atoms with Gasteiger partial charge in [0.15, 0.2) is 11.4 Å². The molecule has 7 aromatic rings. The maximum atomic E-state index is 11.9. The van der Waals surface area contributed by atoms with Gasteiger partial charge in [0.25, 0.3) is 0 Å². The number of phenols is 1. The minimum Gasteiger partial charge on any atom is -0.507 e. The van der Waals surface area contributed by atoms with Crippen LogP contribution in [0.1, 0.15) is 40.2 Å². The summed E-state index contributed by atoms with van der Waals surface area (Å²) in [7, 11) is 0. The molecule has 3 heterocycles. The zero-order valence-electron chi connectivity index (χ0n) is 27.4. The number of nitrogens with zero attached hydrogens (tertiary/aromatic N) is 4. The normalized spacial score (nSPS) is 11.9. The van der Waals surface area contributed by atoms with Gasteiger partial charge in [0.2, 0.25) is 0 Å². The standard InChI is InChI=1S/C41H38N4O2/c1-26(2)25-45(35-20-11-12-21-42-35)30-17-13-16-28(22-30)36-39-37(31-18-9-10-19-34(31)47-39)44-40(43-36)32-23-29(27-14-7-6-8-15-27)24-33(38(32)46)41(3,4)5/h6-24,26,46H,25H2,1-5H3. The molecule has 0 radical (unpaired) electrons. The van der Waals surface area contributed by atoms with Crippen molar-refractivity contribution < 1.29 is 9.52 Å². The second-order valence-electron chi connectivity index (χ2n) is 13.5. The number of fused-ring (bicyclic) bond motifs is 3. The van der Waals surface area contributed by atoms with Crippen LogP contribution in [0.25, 0.3) is 55.8 Å². The molecule has 0 atom stereocenters. The van der Waals surface area contributed by atoms with E-state index in [0.717, 1.165) is 51.3 Å². The minimum absolute atomic E-state index is 0.183. The molecule has 0 fully saturated rings. The monoisotopic (exact) mass is 618 g/mol. The first-order valence-corrected chi connectivity index (χ1v) is 16.1. The van der Waals surface area contributed by atoms with Crippen LogP contribution in [0.5, 0.6) is 5.75 Å². The van der Waals surface area contributed by atoms with E-state index in [-0.39, 0.29) is 11.2 Å². The first-order valence-electron chi connectivity index (χ1n) is 16.1. The lowest BCUT2D eigenvalue weighted by Crippen LogP contribution is -2.23. The smallest absolute Gasteiger partial charge is 0.180 e. The summed E-state index contributed by atoms with van der Waals surface area (Å²) in [5.74, 6) is 1.91. The van der Waals surface area contributed by atoms with Crippen LogP contribution in [0.3, 0.4) is 0 Å². The van der Waals surface area contributed by atoms with Crippen molar-refractivity contribution in [2.45, 2.75) is 40.0 Å². The predicted octanol–water partition coefficient (Wildman–Crippen LogP) is 10.6. The molecular formula is C41H38N4O2. The molecule has 0 aliphatic carbocycles. The average molecular weight is 619 g/mol. The Morgan fingerprint density at radius 3 is 2.26 bits per heavy atom. The highest BCUT2D eigenvalue weighted by atomic mass is 16.3. The van der Waals surface area contributed by atoms with Gasteiger partial charge in [-0.2, -0.15) is 0 Å². The summed E-state index contributed by atoms with van der Waals surface area (Å²) in [6, 6.07) is 36.5. The van der Waals surface area contributed by atoms with Crippen LogP contribution in [0.15, 0.2) is 120 Å². The zero-order chi connectivity index (χ0) is 32.7. The molecular weight excluding hydrogens is 580 g/mol. The number of hydrogen-bond acceptors (Lipinski definition) is 6. The number of benzene rings is 4. The van der Waals surface area contributed by atoms with E-state index in [2.05, 4.69) is 80.9 Å². The van der Waals surface area contributed by atoms with Gasteiger partial charge in [0.1, 0.15) is 28.4 Å². The van der Waals surface area contributed by atoms with Crippen molar-refractivity contribution in [3.63, 3.8) is 0 Å². The molecule has 1 N–H and O–H groups in total. The first-order chi connectivity index (χ1) is 22.7. The summed E-state index contributed by atoms with van der Waals surface area (Å²) < 4.78 is 6.47. The molecule has 7 rings (SSSR count). The maximum Gasteiger partial charge on any atom is 0.180 e. The molecule has 6 heteroatoms. The number of phenolic OH excluding ortho intramolecular Hbond substituents is 1. The molecule has 0 aliphatic rings. The zero-order valence-corrected chi connectivity index (χ0v) is 27.4. The fourth-order valence-electron chi connectivity index (χ4n) is 6.11. The predicted molar refractivity (Wildman–Crippen MR) is 192 cm³/mol. The molecule has 234 valence electrons. The number of furan rings is 1. The summed E-state index contributed by atoms with van der Waals surface area (Å²) in [5.41, 5.74) is 7.74. The quantitative estimate of drug-likeness (QED) is 0.192. The van der Waals surface area contributed by atoms with E-state index in [9.17, 15) is 5.11 Å². The van der Waals surface area contributed by atoms with Crippen molar-refractivity contribution in [3.05, 3.63) is 121 Å². The van der Waals surface area contributed by atoms with E-state index in [1.165, 1.54) is 0 Å². The molecule has 6 nitrogen and oxygen atoms in total. The Balaban J connectivity index is 1.48. The largest absolute Gasteiger partial charge is 0.507 e. The fourth-order valence-corrected chi connectivity index (χ4v) is 6.11. The fraction of sp³-hybridized carbons (Fsp3) is 0.195. The van der Waals surface area contributed by atoms with Gasteiger partial charge in [0, 0.05) is 34.9 Å². The van der Waals surface area contributed by atoms with Gasteiger partial charge >= 0.3 is 0 Å². The third kappa shape index (κ3) is 5.83. The van der Waals surface area contributed by atoms with E-state index in [1.54, 1.807) is 0 Å². The number of aromatic hydroxyl groups is 1. The third-order valence-corrected chi connectivity index (χ3v) is 8.39. The lowest BCUT2D eigenvalue weighted by atomic mass is 9.83. The van der Waals surface area contributed by atoms with Crippen molar-refractivity contribution in [2.75, 3.05) is 11.4 Å². The van der Waals surface area contributed by atoms with Crippen LogP contribution in [-0.4, -0.2) is 26.6 Å². The van der Waals surface area contributed by atoms with Gasteiger partial charge in [-0.15, -0.1) is 0 Å². The van der Waals surface area contributed by atoms with Gasteiger partial charge in [-0.25, -0.2) is 15.0 Å². The van der Waals surface area contributed by atoms with Crippen molar-refractivity contribution >= 4 is 33.6 Å². The topological polar surface area (TPSA) is 75.3 Å². The van der Waals surface area contributed by atoms with E-state index in [1.807, 2.05) is 79.0 Å². The van der Waals surface area contributed by atoms with Crippen molar-refractivity contribution in [1.29, 1.82) is 0 Å². The van der Waals surface area contributed by atoms with E-state index >= 15 is 0 Å². The molecule has 47 heavy (non-hydrogen) atoms. The summed E-state index contributed by atoms with van der Waals surface area (Å²) in [6.45, 7) is 11.5. The number of hydrogen-bond donors (Lipinski definition) is 1. The Hall–Kier alpha value is -5.49. The molecule has 0 bridgehead atoms. The SMILES string of the molecule is CC(C)CN(c1cccc(-c2nc(-c3cc(-c4ccccc4)cc(C(C)(C)C)c3O)nc3c2oc2ccccc23)c1)c1ccccn1. The van der Waals surface area contributed by atoms with E-state index in [4.69, 9.17) is 14.4 Å². The summed E-state index contributed by atoms with van der Waals surface area (Å²) >= 11 is 0. The highest BCUT2D eigenvalue weighted by Crippen LogP contribution is 2.43. The van der Waals surface area contributed by atoms with Crippen LogP contribution in [0.2, 0.25) is 0 Å². The van der Waals surface area contributed by atoms with Crippen LogP contribution in [0.4, 0.5) is 11.5 Å². The van der Waals surface area contributed by atoms with Crippen molar-refractivity contribution in [2.24, 2.45) is 5.92 Å². The van der Waals surface area contributed by atoms with E-state index in [0.29, 0.717) is 34.1 Å². The number of anilines is 2. The second-order valence-corrected chi connectivity index (χ2v) is 13.5. The summed E-state index contributed by atoms with van der Waals surface area (Å²) in [5, 5.41) is 12.8. The van der Waals surface area contributed by atoms with Crippen LogP contribution >= 0.6 is 0 Å². The second kappa shape index (κ2) is 12.0. The maximum absolute atomic E-state index is 11.9. The minimum atomic E-state index is -0.321. The molecule has 0 spiro atoms. The highest BCUT2D eigenvalue weighted by molar-refractivity contribution is 6.07. The number of aromatic nitrogens is 3. The third-order valence-electron chi connectivity index (χ3n) is 8.39. The number of rotatable bonds is 7. The Kier molecular flexibility index (Phi) is 7.72. The first kappa shape index (κ1) is 30.2. The Labute approximate surface area is 275 Å². The van der Waals surface area contributed by atoms with Crippen LogP contribution in [0, 0.1) is 5.92 Å². The molecule has 0 saturated carbocycles. The van der Waals surface area contributed by atoms with Crippen LogP contribution in [-0.2, 0) is 5.41 Å².